The van der Waals surface area contributed by atoms with Crippen LogP contribution in [0.5, 0.6) is 0 Å². The van der Waals surface area contributed by atoms with E-state index < -0.39 is 0 Å². The van der Waals surface area contributed by atoms with Gasteiger partial charge < -0.3 is 11.5 Å². The molecule has 3 heteroatoms. The Balaban J connectivity index is 2.49. The first-order chi connectivity index (χ1) is 8.08. The first-order valence-electron chi connectivity index (χ1n) is 5.70. The summed E-state index contributed by atoms with van der Waals surface area (Å²) in [5.74, 6) is 1.43. The Labute approximate surface area is 101 Å². The Bertz CT molecular complexity index is 533. The number of pyridine rings is 1. The summed E-state index contributed by atoms with van der Waals surface area (Å²) in [6.45, 7) is 4.34. The quantitative estimate of drug-likeness (QED) is 0.828. The van der Waals surface area contributed by atoms with Gasteiger partial charge in [-0.25, -0.2) is 4.98 Å². The van der Waals surface area contributed by atoms with Gasteiger partial charge in [-0.05, 0) is 29.2 Å². The van der Waals surface area contributed by atoms with Crippen molar-refractivity contribution in [2.75, 3.05) is 11.5 Å². The molecule has 0 aliphatic carbocycles. The molecule has 0 saturated heterocycles. The minimum absolute atomic E-state index is 0.450. The third kappa shape index (κ3) is 2.38. The van der Waals surface area contributed by atoms with Gasteiger partial charge in [-0.15, -0.1) is 0 Å². The molecule has 0 bridgehead atoms. The Morgan fingerprint density at radius 2 is 1.82 bits per heavy atom. The van der Waals surface area contributed by atoms with E-state index in [1.54, 1.807) is 6.07 Å². The van der Waals surface area contributed by atoms with Crippen LogP contribution in [0, 0.1) is 0 Å². The van der Waals surface area contributed by atoms with Crippen LogP contribution in [-0.2, 0) is 0 Å². The Kier molecular flexibility index (Phi) is 3.00. The standard InChI is InChI=1S/C14H17N3/c1-9(2)10-4-3-5-11(8-10)12-6-7-13(15)17-14(12)16/h3-9H,1-2H3,(H4,15,16,17). The topological polar surface area (TPSA) is 64.9 Å². The van der Waals surface area contributed by atoms with Crippen LogP contribution in [-0.4, -0.2) is 4.98 Å². The van der Waals surface area contributed by atoms with Gasteiger partial charge in [-0.3, -0.25) is 0 Å². The molecule has 0 aliphatic rings. The lowest BCUT2D eigenvalue weighted by Crippen LogP contribution is -1.98. The van der Waals surface area contributed by atoms with Crippen LogP contribution in [0.1, 0.15) is 25.3 Å². The van der Waals surface area contributed by atoms with Crippen molar-refractivity contribution in [1.29, 1.82) is 0 Å². The molecule has 88 valence electrons. The molecular weight excluding hydrogens is 210 g/mol. The highest BCUT2D eigenvalue weighted by molar-refractivity contribution is 5.75. The fraction of sp³-hybridized carbons (Fsp3) is 0.214. The summed E-state index contributed by atoms with van der Waals surface area (Å²) in [6, 6.07) is 12.0. The van der Waals surface area contributed by atoms with Gasteiger partial charge in [0.2, 0.25) is 0 Å². The van der Waals surface area contributed by atoms with Gasteiger partial charge >= 0.3 is 0 Å². The Hall–Kier alpha value is -2.03. The number of rotatable bonds is 2. The second kappa shape index (κ2) is 4.45. The average Bonchev–Trinajstić information content (AvgIpc) is 2.29. The lowest BCUT2D eigenvalue weighted by molar-refractivity contribution is 0.867. The molecular formula is C14H17N3. The number of nitrogens with zero attached hydrogens (tertiary/aromatic N) is 1. The maximum absolute atomic E-state index is 5.89. The summed E-state index contributed by atoms with van der Waals surface area (Å²) in [5.41, 5.74) is 14.8. The average molecular weight is 227 g/mol. The highest BCUT2D eigenvalue weighted by Gasteiger charge is 2.06. The van der Waals surface area contributed by atoms with E-state index in [0.717, 1.165) is 11.1 Å². The molecule has 0 amide bonds. The Morgan fingerprint density at radius 3 is 2.47 bits per heavy atom. The van der Waals surface area contributed by atoms with Crippen molar-refractivity contribution < 1.29 is 0 Å². The summed E-state index contributed by atoms with van der Waals surface area (Å²) in [7, 11) is 0. The van der Waals surface area contributed by atoms with Gasteiger partial charge in [0.15, 0.2) is 0 Å². The third-order valence-corrected chi connectivity index (χ3v) is 2.81. The van der Waals surface area contributed by atoms with Gasteiger partial charge in [-0.1, -0.05) is 38.1 Å². The van der Waals surface area contributed by atoms with Gasteiger partial charge in [0, 0.05) is 5.56 Å². The minimum Gasteiger partial charge on any atom is -0.384 e. The van der Waals surface area contributed by atoms with Gasteiger partial charge in [0.25, 0.3) is 0 Å². The van der Waals surface area contributed by atoms with Crippen LogP contribution in [0.3, 0.4) is 0 Å². The number of anilines is 2. The molecule has 0 saturated carbocycles. The molecule has 1 aromatic carbocycles. The molecule has 0 atom stereocenters. The molecule has 1 heterocycles. The molecule has 0 radical (unpaired) electrons. The van der Waals surface area contributed by atoms with E-state index in [9.17, 15) is 0 Å². The summed E-state index contributed by atoms with van der Waals surface area (Å²) < 4.78 is 0. The number of aromatic nitrogens is 1. The van der Waals surface area contributed by atoms with Gasteiger partial charge in [-0.2, -0.15) is 0 Å². The van der Waals surface area contributed by atoms with Crippen molar-refractivity contribution in [3.63, 3.8) is 0 Å². The number of hydrogen-bond acceptors (Lipinski definition) is 3. The number of hydrogen-bond donors (Lipinski definition) is 2. The van der Waals surface area contributed by atoms with Crippen molar-refractivity contribution in [2.24, 2.45) is 0 Å². The van der Waals surface area contributed by atoms with Crippen molar-refractivity contribution in [3.8, 4) is 11.1 Å². The first kappa shape index (κ1) is 11.5. The summed E-state index contributed by atoms with van der Waals surface area (Å²) in [6.07, 6.45) is 0. The smallest absolute Gasteiger partial charge is 0.133 e. The SMILES string of the molecule is CC(C)c1cccc(-c2ccc(N)nc2N)c1. The summed E-state index contributed by atoms with van der Waals surface area (Å²) >= 11 is 0. The number of nitrogen functional groups attached to an aromatic ring is 2. The van der Waals surface area contributed by atoms with E-state index >= 15 is 0 Å². The van der Waals surface area contributed by atoms with Crippen LogP contribution >= 0.6 is 0 Å². The molecule has 0 fully saturated rings. The van der Waals surface area contributed by atoms with Crippen molar-refractivity contribution in [1.82, 2.24) is 4.98 Å². The van der Waals surface area contributed by atoms with Crippen molar-refractivity contribution >= 4 is 11.6 Å². The number of benzene rings is 1. The van der Waals surface area contributed by atoms with Crippen LogP contribution in [0.15, 0.2) is 36.4 Å². The molecule has 2 rings (SSSR count). The van der Waals surface area contributed by atoms with Crippen molar-refractivity contribution in [2.45, 2.75) is 19.8 Å². The molecule has 0 unspecified atom stereocenters. The van der Waals surface area contributed by atoms with Crippen LogP contribution in [0.25, 0.3) is 11.1 Å². The van der Waals surface area contributed by atoms with Gasteiger partial charge in [0.05, 0.1) is 0 Å². The maximum atomic E-state index is 5.89. The Morgan fingerprint density at radius 1 is 1.06 bits per heavy atom. The van der Waals surface area contributed by atoms with E-state index in [2.05, 4.69) is 31.0 Å². The van der Waals surface area contributed by atoms with Crippen LogP contribution in [0.2, 0.25) is 0 Å². The molecule has 0 spiro atoms. The lowest BCUT2D eigenvalue weighted by atomic mass is 9.98. The molecule has 4 N–H and O–H groups in total. The molecule has 2 aromatic rings. The fourth-order valence-corrected chi connectivity index (χ4v) is 1.80. The zero-order valence-electron chi connectivity index (χ0n) is 10.1. The van der Waals surface area contributed by atoms with Crippen molar-refractivity contribution in [3.05, 3.63) is 42.0 Å². The third-order valence-electron chi connectivity index (χ3n) is 2.81. The predicted molar refractivity (Wildman–Crippen MR) is 72.6 cm³/mol. The van der Waals surface area contributed by atoms with E-state index in [0.29, 0.717) is 17.6 Å². The molecule has 0 aliphatic heterocycles. The second-order valence-corrected chi connectivity index (χ2v) is 4.45. The maximum Gasteiger partial charge on any atom is 0.133 e. The molecule has 17 heavy (non-hydrogen) atoms. The minimum atomic E-state index is 0.450. The van der Waals surface area contributed by atoms with E-state index in [1.165, 1.54) is 5.56 Å². The zero-order chi connectivity index (χ0) is 12.4. The second-order valence-electron chi connectivity index (χ2n) is 4.45. The highest BCUT2D eigenvalue weighted by atomic mass is 14.9. The monoisotopic (exact) mass is 227 g/mol. The van der Waals surface area contributed by atoms with Crippen LogP contribution in [0.4, 0.5) is 11.6 Å². The van der Waals surface area contributed by atoms with E-state index in [4.69, 9.17) is 11.5 Å². The molecule has 1 aromatic heterocycles. The largest absolute Gasteiger partial charge is 0.384 e. The summed E-state index contributed by atoms with van der Waals surface area (Å²) in [4.78, 5) is 4.08. The van der Waals surface area contributed by atoms with Crippen LogP contribution < -0.4 is 11.5 Å². The van der Waals surface area contributed by atoms with E-state index in [-0.39, 0.29) is 0 Å². The lowest BCUT2D eigenvalue weighted by Gasteiger charge is -2.10. The molecule has 3 nitrogen and oxygen atoms in total. The summed E-state index contributed by atoms with van der Waals surface area (Å²) in [5, 5.41) is 0. The zero-order valence-corrected chi connectivity index (χ0v) is 10.1. The number of nitrogens with two attached hydrogens (primary N) is 2. The predicted octanol–water partition coefficient (Wildman–Crippen LogP) is 3.04. The van der Waals surface area contributed by atoms with E-state index in [1.807, 2.05) is 18.2 Å². The first-order valence-corrected chi connectivity index (χ1v) is 5.70. The normalized spacial score (nSPS) is 10.8. The fourth-order valence-electron chi connectivity index (χ4n) is 1.80. The highest BCUT2D eigenvalue weighted by Crippen LogP contribution is 2.27. The van der Waals surface area contributed by atoms with Gasteiger partial charge in [0.1, 0.15) is 11.6 Å².